The molecule has 96 valence electrons. The van der Waals surface area contributed by atoms with Gasteiger partial charge in [-0.3, -0.25) is 4.79 Å². The molecule has 0 aliphatic heterocycles. The summed E-state index contributed by atoms with van der Waals surface area (Å²) in [5.41, 5.74) is 0.388. The maximum atomic E-state index is 13.5. The summed E-state index contributed by atoms with van der Waals surface area (Å²) >= 11 is 0. The number of rotatable bonds is 5. The second kappa shape index (κ2) is 6.60. The SMILES string of the molecule is CN(CCC#N)C(=O)CN(C)c1ccccc1F. The van der Waals surface area contributed by atoms with Gasteiger partial charge in [-0.2, -0.15) is 5.26 Å². The number of likely N-dealkylation sites (N-methyl/N-ethyl adjacent to an activating group) is 2. The highest BCUT2D eigenvalue weighted by Gasteiger charge is 2.13. The van der Waals surface area contributed by atoms with Crippen LogP contribution >= 0.6 is 0 Å². The average Bonchev–Trinajstić information content (AvgIpc) is 2.36. The Morgan fingerprint density at radius 3 is 2.67 bits per heavy atom. The van der Waals surface area contributed by atoms with Gasteiger partial charge in [-0.25, -0.2) is 4.39 Å². The molecule has 0 aliphatic rings. The monoisotopic (exact) mass is 249 g/mol. The molecule has 4 nitrogen and oxygen atoms in total. The molecule has 0 aliphatic carbocycles. The number of nitrogens with zero attached hydrogens (tertiary/aromatic N) is 3. The van der Waals surface area contributed by atoms with E-state index in [0.29, 0.717) is 18.7 Å². The molecule has 0 bridgehead atoms. The third-order valence-electron chi connectivity index (χ3n) is 2.62. The normalized spacial score (nSPS) is 9.67. The van der Waals surface area contributed by atoms with Gasteiger partial charge in [0.15, 0.2) is 0 Å². The van der Waals surface area contributed by atoms with E-state index < -0.39 is 0 Å². The van der Waals surface area contributed by atoms with Crippen LogP contribution in [0.4, 0.5) is 10.1 Å². The first-order valence-corrected chi connectivity index (χ1v) is 5.63. The van der Waals surface area contributed by atoms with Crippen molar-refractivity contribution in [3.05, 3.63) is 30.1 Å². The van der Waals surface area contributed by atoms with E-state index in [1.54, 1.807) is 37.2 Å². The van der Waals surface area contributed by atoms with Gasteiger partial charge in [0.2, 0.25) is 5.91 Å². The molecule has 18 heavy (non-hydrogen) atoms. The van der Waals surface area contributed by atoms with Crippen LogP contribution in [0, 0.1) is 17.1 Å². The molecule has 1 aromatic carbocycles. The molecule has 0 aromatic heterocycles. The Bertz CT molecular complexity index is 456. The number of para-hydroxylation sites is 1. The molecular formula is C13H16FN3O. The lowest BCUT2D eigenvalue weighted by Crippen LogP contribution is -2.37. The fraction of sp³-hybridized carbons (Fsp3) is 0.385. The number of amides is 1. The van der Waals surface area contributed by atoms with Gasteiger partial charge in [0, 0.05) is 20.6 Å². The molecule has 0 N–H and O–H groups in total. The number of carbonyl (C=O) groups excluding carboxylic acids is 1. The fourth-order valence-electron chi connectivity index (χ4n) is 1.51. The smallest absolute Gasteiger partial charge is 0.241 e. The van der Waals surface area contributed by atoms with Gasteiger partial charge in [-0.15, -0.1) is 0 Å². The summed E-state index contributed by atoms with van der Waals surface area (Å²) in [6.07, 6.45) is 0.297. The Hall–Kier alpha value is -2.09. The van der Waals surface area contributed by atoms with Crippen molar-refractivity contribution < 1.29 is 9.18 Å². The largest absolute Gasteiger partial charge is 0.363 e. The van der Waals surface area contributed by atoms with Crippen LogP contribution in [0.5, 0.6) is 0 Å². The highest BCUT2D eigenvalue weighted by Crippen LogP contribution is 2.16. The summed E-state index contributed by atoms with van der Waals surface area (Å²) in [5.74, 6) is -0.497. The van der Waals surface area contributed by atoms with Crippen LogP contribution in [0.1, 0.15) is 6.42 Å². The molecule has 0 heterocycles. The lowest BCUT2D eigenvalue weighted by molar-refractivity contribution is -0.128. The van der Waals surface area contributed by atoms with Gasteiger partial charge in [0.1, 0.15) is 5.82 Å². The quantitative estimate of drug-likeness (QED) is 0.797. The first-order chi connectivity index (χ1) is 8.56. The van der Waals surface area contributed by atoms with Crippen molar-refractivity contribution in [2.24, 2.45) is 0 Å². The van der Waals surface area contributed by atoms with Crippen LogP contribution < -0.4 is 4.90 Å². The van der Waals surface area contributed by atoms with Crippen LogP contribution in [-0.4, -0.2) is 38.0 Å². The summed E-state index contributed by atoms with van der Waals surface area (Å²) in [7, 11) is 3.29. The molecule has 1 aromatic rings. The zero-order valence-corrected chi connectivity index (χ0v) is 10.6. The van der Waals surface area contributed by atoms with Gasteiger partial charge < -0.3 is 9.80 Å². The highest BCUT2D eigenvalue weighted by atomic mass is 19.1. The number of nitriles is 1. The number of halogens is 1. The summed E-state index contributed by atoms with van der Waals surface area (Å²) in [5, 5.41) is 8.45. The highest BCUT2D eigenvalue weighted by molar-refractivity contribution is 5.81. The fourth-order valence-corrected chi connectivity index (χ4v) is 1.51. The zero-order valence-electron chi connectivity index (χ0n) is 10.6. The van der Waals surface area contributed by atoms with Crippen molar-refractivity contribution >= 4 is 11.6 Å². The Labute approximate surface area is 106 Å². The van der Waals surface area contributed by atoms with Crippen molar-refractivity contribution in [3.8, 4) is 6.07 Å². The van der Waals surface area contributed by atoms with Crippen LogP contribution in [0.15, 0.2) is 24.3 Å². The minimum Gasteiger partial charge on any atom is -0.363 e. The summed E-state index contributed by atoms with van der Waals surface area (Å²) in [4.78, 5) is 14.8. The Morgan fingerprint density at radius 2 is 2.06 bits per heavy atom. The van der Waals surface area contributed by atoms with Crippen LogP contribution in [-0.2, 0) is 4.79 Å². The molecule has 0 atom stereocenters. The van der Waals surface area contributed by atoms with Crippen LogP contribution in [0.25, 0.3) is 0 Å². The van der Waals surface area contributed by atoms with Crippen molar-refractivity contribution in [1.29, 1.82) is 5.26 Å². The van der Waals surface area contributed by atoms with E-state index in [4.69, 9.17) is 5.26 Å². The second-order valence-electron chi connectivity index (χ2n) is 4.03. The Balaban J connectivity index is 2.60. The van der Waals surface area contributed by atoms with E-state index >= 15 is 0 Å². The molecule has 1 amide bonds. The Morgan fingerprint density at radius 1 is 1.39 bits per heavy atom. The average molecular weight is 249 g/mol. The predicted molar refractivity (Wildman–Crippen MR) is 67.5 cm³/mol. The molecule has 0 saturated carbocycles. The number of hydrogen-bond acceptors (Lipinski definition) is 3. The van der Waals surface area contributed by atoms with E-state index in [1.165, 1.54) is 11.0 Å². The van der Waals surface area contributed by atoms with Gasteiger partial charge in [0.05, 0.1) is 24.7 Å². The molecule has 5 heteroatoms. The van der Waals surface area contributed by atoms with Crippen LogP contribution in [0.3, 0.4) is 0 Å². The van der Waals surface area contributed by atoms with Crippen molar-refractivity contribution in [2.45, 2.75) is 6.42 Å². The molecular weight excluding hydrogens is 233 g/mol. The lowest BCUT2D eigenvalue weighted by atomic mass is 10.3. The summed E-state index contributed by atoms with van der Waals surface area (Å²) < 4.78 is 13.5. The van der Waals surface area contributed by atoms with Gasteiger partial charge >= 0.3 is 0 Å². The second-order valence-corrected chi connectivity index (χ2v) is 4.03. The number of hydrogen-bond donors (Lipinski definition) is 0. The topological polar surface area (TPSA) is 47.3 Å². The summed E-state index contributed by atoms with van der Waals surface area (Å²) in [6.45, 7) is 0.476. The maximum absolute atomic E-state index is 13.5. The molecule has 1 rings (SSSR count). The van der Waals surface area contributed by atoms with E-state index in [2.05, 4.69) is 0 Å². The van der Waals surface area contributed by atoms with E-state index in [-0.39, 0.29) is 18.3 Å². The van der Waals surface area contributed by atoms with E-state index in [0.717, 1.165) is 0 Å². The number of benzene rings is 1. The van der Waals surface area contributed by atoms with Crippen molar-refractivity contribution in [1.82, 2.24) is 4.90 Å². The molecule has 0 fully saturated rings. The molecule has 0 spiro atoms. The Kier molecular flexibility index (Phi) is 5.12. The third kappa shape index (κ3) is 3.74. The van der Waals surface area contributed by atoms with Crippen molar-refractivity contribution in [3.63, 3.8) is 0 Å². The van der Waals surface area contributed by atoms with Gasteiger partial charge in [-0.05, 0) is 12.1 Å². The maximum Gasteiger partial charge on any atom is 0.241 e. The minimum atomic E-state index is -0.354. The summed E-state index contributed by atoms with van der Waals surface area (Å²) in [6, 6.07) is 8.29. The first-order valence-electron chi connectivity index (χ1n) is 5.63. The molecule has 0 saturated heterocycles. The number of anilines is 1. The number of carbonyl (C=O) groups is 1. The lowest BCUT2D eigenvalue weighted by Gasteiger charge is -2.23. The third-order valence-corrected chi connectivity index (χ3v) is 2.62. The van der Waals surface area contributed by atoms with Gasteiger partial charge in [-0.1, -0.05) is 12.1 Å². The van der Waals surface area contributed by atoms with E-state index in [1.807, 2.05) is 6.07 Å². The predicted octanol–water partition coefficient (Wildman–Crippen LogP) is 1.63. The molecule has 0 radical (unpaired) electrons. The minimum absolute atomic E-state index is 0.0862. The van der Waals surface area contributed by atoms with Crippen LogP contribution in [0.2, 0.25) is 0 Å². The standard InChI is InChI=1S/C13H16FN3O/c1-16(9-5-8-15)13(18)10-17(2)12-7-4-3-6-11(12)14/h3-4,6-7H,5,9-10H2,1-2H3. The molecule has 0 unspecified atom stereocenters. The first kappa shape index (κ1) is 14.0. The van der Waals surface area contributed by atoms with Gasteiger partial charge in [0.25, 0.3) is 0 Å². The van der Waals surface area contributed by atoms with Crippen molar-refractivity contribution in [2.75, 3.05) is 32.1 Å². The van der Waals surface area contributed by atoms with E-state index in [9.17, 15) is 9.18 Å². The zero-order chi connectivity index (χ0) is 13.5.